The van der Waals surface area contributed by atoms with E-state index in [1.54, 1.807) is 6.07 Å². The Morgan fingerprint density at radius 1 is 0.946 bits per heavy atom. The molecule has 1 fully saturated rings. The molecule has 0 bridgehead atoms. The Balaban J connectivity index is 1.48. The van der Waals surface area contributed by atoms with Crippen LogP contribution in [0, 0.1) is 17.5 Å². The number of alkyl halides is 3. The molecular weight excluding hydrogens is 524 g/mol. The maximum atomic E-state index is 13.9. The summed E-state index contributed by atoms with van der Waals surface area (Å²) < 4.78 is 82.1. The second-order valence-corrected chi connectivity index (χ2v) is 8.92. The normalized spacial score (nSPS) is 14.6. The van der Waals surface area contributed by atoms with Gasteiger partial charge < -0.3 is 19.9 Å². The number of pyridine rings is 1. The Bertz CT molecular complexity index is 1460. The van der Waals surface area contributed by atoms with Gasteiger partial charge in [0.2, 0.25) is 5.95 Å². The van der Waals surface area contributed by atoms with Crippen LogP contribution in [0.2, 0.25) is 5.02 Å². The smallest absolute Gasteiger partial charge is 0.392 e. The van der Waals surface area contributed by atoms with Crippen LogP contribution in [-0.4, -0.2) is 46.2 Å². The quantitative estimate of drug-likeness (QED) is 0.263. The van der Waals surface area contributed by atoms with Gasteiger partial charge in [-0.1, -0.05) is 11.6 Å². The van der Waals surface area contributed by atoms with Crippen LogP contribution < -0.4 is 9.80 Å². The third-order valence-electron chi connectivity index (χ3n) is 6.14. The molecule has 37 heavy (non-hydrogen) atoms. The molecule has 3 heterocycles. The minimum atomic E-state index is -4.74. The minimum Gasteiger partial charge on any atom is -0.392 e. The van der Waals surface area contributed by atoms with E-state index in [-0.39, 0.29) is 34.7 Å². The highest BCUT2D eigenvalue weighted by atomic mass is 35.5. The summed E-state index contributed by atoms with van der Waals surface area (Å²) in [7, 11) is 0. The SMILES string of the molecule is OCc1cnc(N2CCN(c3nc4c(-c5cc(F)c(F)c(F)c5)cc(C(F)(F)F)cc4[nH]3)CC2)c(Cl)c1. The number of aliphatic hydroxyl groups excluding tert-OH is 1. The third-order valence-corrected chi connectivity index (χ3v) is 6.41. The first-order valence-electron chi connectivity index (χ1n) is 11.1. The van der Waals surface area contributed by atoms with Gasteiger partial charge in [-0.2, -0.15) is 13.2 Å². The number of aromatic nitrogens is 3. The number of benzene rings is 2. The molecule has 0 spiro atoms. The van der Waals surface area contributed by atoms with Crippen LogP contribution >= 0.6 is 11.6 Å². The highest BCUT2D eigenvalue weighted by molar-refractivity contribution is 6.33. The molecule has 1 saturated heterocycles. The number of hydrogen-bond acceptors (Lipinski definition) is 5. The van der Waals surface area contributed by atoms with E-state index >= 15 is 0 Å². The number of imidazole rings is 1. The van der Waals surface area contributed by atoms with Crippen molar-refractivity contribution < 1.29 is 31.4 Å². The molecule has 13 heteroatoms. The second-order valence-electron chi connectivity index (χ2n) is 8.51. The van der Waals surface area contributed by atoms with Crippen LogP contribution in [0.3, 0.4) is 0 Å². The molecule has 6 nitrogen and oxygen atoms in total. The van der Waals surface area contributed by atoms with Crippen molar-refractivity contribution in [3.8, 4) is 11.1 Å². The molecule has 0 saturated carbocycles. The zero-order valence-electron chi connectivity index (χ0n) is 18.9. The first-order valence-corrected chi connectivity index (χ1v) is 11.4. The molecule has 0 atom stereocenters. The molecule has 1 aliphatic heterocycles. The molecule has 1 aliphatic rings. The number of anilines is 2. The number of aliphatic hydroxyl groups is 1. The van der Waals surface area contributed by atoms with E-state index in [0.717, 1.165) is 12.1 Å². The fourth-order valence-electron chi connectivity index (χ4n) is 4.27. The molecule has 0 amide bonds. The van der Waals surface area contributed by atoms with Gasteiger partial charge in [-0.15, -0.1) is 0 Å². The van der Waals surface area contributed by atoms with E-state index in [9.17, 15) is 31.4 Å². The summed E-state index contributed by atoms with van der Waals surface area (Å²) in [5.41, 5.74) is -0.875. The topological polar surface area (TPSA) is 68.3 Å². The van der Waals surface area contributed by atoms with Crippen molar-refractivity contribution in [3.63, 3.8) is 0 Å². The molecule has 0 aliphatic carbocycles. The van der Waals surface area contributed by atoms with Crippen LogP contribution in [0.5, 0.6) is 0 Å². The standard InChI is InChI=1S/C24H18ClF6N5O/c25-16-5-12(11-37)10-32-22(16)35-1-3-36(4-2-35)23-33-19-9-14(24(29,30)31)8-15(21(19)34-23)13-6-17(26)20(28)18(27)7-13/h5-10,37H,1-4,11H2,(H,33,34). The molecule has 5 rings (SSSR count). The number of piperazine rings is 1. The van der Waals surface area contributed by atoms with Gasteiger partial charge in [0, 0.05) is 37.9 Å². The van der Waals surface area contributed by atoms with E-state index in [1.807, 2.05) is 9.80 Å². The van der Waals surface area contributed by atoms with Crippen molar-refractivity contribution >= 4 is 34.4 Å². The Morgan fingerprint density at radius 3 is 2.19 bits per heavy atom. The summed E-state index contributed by atoms with van der Waals surface area (Å²) in [4.78, 5) is 15.4. The van der Waals surface area contributed by atoms with Crippen LogP contribution in [-0.2, 0) is 12.8 Å². The summed E-state index contributed by atoms with van der Waals surface area (Å²) in [5, 5.41) is 9.61. The number of fused-ring (bicyclic) bond motifs is 1. The Morgan fingerprint density at radius 2 is 1.59 bits per heavy atom. The average molecular weight is 542 g/mol. The van der Waals surface area contributed by atoms with Crippen LogP contribution in [0.1, 0.15) is 11.1 Å². The largest absolute Gasteiger partial charge is 0.416 e. The van der Waals surface area contributed by atoms with Crippen LogP contribution in [0.15, 0.2) is 36.5 Å². The number of halogens is 7. The van der Waals surface area contributed by atoms with Gasteiger partial charge >= 0.3 is 6.18 Å². The first-order chi connectivity index (χ1) is 17.5. The van der Waals surface area contributed by atoms with Crippen molar-refractivity contribution in [2.75, 3.05) is 36.0 Å². The minimum absolute atomic E-state index is 0.0108. The van der Waals surface area contributed by atoms with Gasteiger partial charge in [0.25, 0.3) is 0 Å². The third kappa shape index (κ3) is 4.78. The number of rotatable bonds is 4. The highest BCUT2D eigenvalue weighted by Crippen LogP contribution is 2.38. The number of H-pyrrole nitrogens is 1. The van der Waals surface area contributed by atoms with E-state index in [1.165, 1.54) is 6.20 Å². The lowest BCUT2D eigenvalue weighted by molar-refractivity contribution is -0.137. The van der Waals surface area contributed by atoms with Gasteiger partial charge in [0.15, 0.2) is 17.5 Å². The molecule has 2 N–H and O–H groups in total. The van der Waals surface area contributed by atoms with Crippen molar-refractivity contribution in [2.24, 2.45) is 0 Å². The zero-order valence-corrected chi connectivity index (χ0v) is 19.6. The predicted octanol–water partition coefficient (Wildman–Crippen LogP) is 5.53. The maximum Gasteiger partial charge on any atom is 0.416 e. The summed E-state index contributed by atoms with van der Waals surface area (Å²) >= 11 is 6.29. The van der Waals surface area contributed by atoms with E-state index in [4.69, 9.17) is 11.6 Å². The molecule has 0 unspecified atom stereocenters. The fourth-order valence-corrected chi connectivity index (χ4v) is 4.58. The van der Waals surface area contributed by atoms with Crippen LogP contribution in [0.4, 0.5) is 38.1 Å². The lowest BCUT2D eigenvalue weighted by Crippen LogP contribution is -2.47. The monoisotopic (exact) mass is 541 g/mol. The molecule has 4 aromatic rings. The molecule has 2 aromatic heterocycles. The lowest BCUT2D eigenvalue weighted by atomic mass is 10.0. The van der Waals surface area contributed by atoms with Crippen molar-refractivity contribution in [3.05, 3.63) is 70.1 Å². The number of aromatic amines is 1. The summed E-state index contributed by atoms with van der Waals surface area (Å²) in [6.07, 6.45) is -3.22. The average Bonchev–Trinajstić information content (AvgIpc) is 3.30. The Labute approximate surface area is 211 Å². The summed E-state index contributed by atoms with van der Waals surface area (Å²) in [6.45, 7) is 1.58. The molecular formula is C24H18ClF6N5O. The van der Waals surface area contributed by atoms with Crippen molar-refractivity contribution in [2.45, 2.75) is 12.8 Å². The number of hydrogen-bond donors (Lipinski definition) is 2. The zero-order chi connectivity index (χ0) is 26.5. The van der Waals surface area contributed by atoms with E-state index < -0.39 is 29.2 Å². The van der Waals surface area contributed by atoms with Gasteiger partial charge in [-0.3, -0.25) is 0 Å². The number of nitrogens with zero attached hydrogens (tertiary/aromatic N) is 4. The predicted molar refractivity (Wildman–Crippen MR) is 126 cm³/mol. The highest BCUT2D eigenvalue weighted by Gasteiger charge is 2.33. The summed E-state index contributed by atoms with van der Waals surface area (Å²) in [6, 6.07) is 4.50. The fraction of sp³-hybridized carbons (Fsp3) is 0.250. The van der Waals surface area contributed by atoms with Crippen molar-refractivity contribution in [1.29, 1.82) is 0 Å². The second kappa shape index (κ2) is 9.42. The number of nitrogens with one attached hydrogen (secondary N) is 1. The first kappa shape index (κ1) is 25.2. The van der Waals surface area contributed by atoms with E-state index in [2.05, 4.69) is 15.0 Å². The van der Waals surface area contributed by atoms with E-state index in [0.29, 0.717) is 54.7 Å². The van der Waals surface area contributed by atoms with Gasteiger partial charge in [0.1, 0.15) is 5.82 Å². The van der Waals surface area contributed by atoms with Crippen LogP contribution in [0.25, 0.3) is 22.2 Å². The maximum absolute atomic E-state index is 13.9. The Hall–Kier alpha value is -3.51. The Kier molecular flexibility index (Phi) is 6.40. The van der Waals surface area contributed by atoms with Gasteiger partial charge in [-0.25, -0.2) is 23.1 Å². The molecule has 0 radical (unpaired) electrons. The summed E-state index contributed by atoms with van der Waals surface area (Å²) in [5.74, 6) is -3.94. The van der Waals surface area contributed by atoms with Gasteiger partial charge in [0.05, 0.1) is 28.2 Å². The van der Waals surface area contributed by atoms with Crippen molar-refractivity contribution in [1.82, 2.24) is 15.0 Å². The molecule has 194 valence electrons. The lowest BCUT2D eigenvalue weighted by Gasteiger charge is -2.35. The molecule has 2 aromatic carbocycles. The van der Waals surface area contributed by atoms with Gasteiger partial charge in [-0.05, 0) is 41.5 Å².